The number of carbonyl (C=O) groups excluding carboxylic acids is 2. The molecule has 2 N–H and O–H groups in total. The van der Waals surface area contributed by atoms with Crippen molar-refractivity contribution in [3.05, 3.63) is 58.9 Å². The summed E-state index contributed by atoms with van der Waals surface area (Å²) in [5, 5.41) is 3.18. The van der Waals surface area contributed by atoms with Crippen LogP contribution < -0.4 is 5.32 Å². The van der Waals surface area contributed by atoms with Crippen LogP contribution in [0.15, 0.2) is 42.7 Å². The van der Waals surface area contributed by atoms with Crippen LogP contribution in [0.4, 0.5) is 5.69 Å². The predicted molar refractivity (Wildman–Crippen MR) is 91.2 cm³/mol. The molecule has 0 unspecified atom stereocenters. The van der Waals surface area contributed by atoms with Gasteiger partial charge >= 0.3 is 5.97 Å². The van der Waals surface area contributed by atoms with E-state index >= 15 is 0 Å². The van der Waals surface area contributed by atoms with Gasteiger partial charge < -0.3 is 15.0 Å². The minimum Gasteiger partial charge on any atom is -0.452 e. The molecule has 0 saturated heterocycles. The maximum Gasteiger partial charge on any atom is 0.338 e. The molecular formula is C17H14ClN3O3. The summed E-state index contributed by atoms with van der Waals surface area (Å²) in [6.07, 6.45) is 1.54. The number of amides is 1. The summed E-state index contributed by atoms with van der Waals surface area (Å²) >= 11 is 5.90. The second-order valence-corrected chi connectivity index (χ2v) is 5.65. The molecule has 0 saturated carbocycles. The summed E-state index contributed by atoms with van der Waals surface area (Å²) in [6.45, 7) is 1.46. The maximum atomic E-state index is 12.0. The zero-order valence-corrected chi connectivity index (χ0v) is 13.6. The first kappa shape index (κ1) is 16.0. The molecule has 1 heterocycles. The van der Waals surface area contributed by atoms with Gasteiger partial charge in [-0.05, 0) is 42.8 Å². The Morgan fingerprint density at radius 2 is 2.08 bits per heavy atom. The number of aromatic amines is 1. The zero-order valence-electron chi connectivity index (χ0n) is 12.8. The smallest absolute Gasteiger partial charge is 0.338 e. The number of esters is 1. The van der Waals surface area contributed by atoms with Crippen molar-refractivity contribution >= 4 is 40.2 Å². The number of benzene rings is 2. The van der Waals surface area contributed by atoms with Crippen LogP contribution in [0.5, 0.6) is 0 Å². The molecule has 0 aliphatic heterocycles. The fourth-order valence-corrected chi connectivity index (χ4v) is 2.36. The topological polar surface area (TPSA) is 84.1 Å². The fourth-order valence-electron chi connectivity index (χ4n) is 2.19. The summed E-state index contributed by atoms with van der Waals surface area (Å²) in [5.41, 5.74) is 3.27. The Bertz CT molecular complexity index is 920. The number of fused-ring (bicyclic) bond motifs is 1. The van der Waals surface area contributed by atoms with Gasteiger partial charge in [-0.25, -0.2) is 9.78 Å². The maximum absolute atomic E-state index is 12.0. The average molecular weight is 344 g/mol. The van der Waals surface area contributed by atoms with Crippen molar-refractivity contribution in [3.8, 4) is 0 Å². The van der Waals surface area contributed by atoms with E-state index < -0.39 is 11.9 Å². The number of ether oxygens (including phenoxy) is 1. The van der Waals surface area contributed by atoms with Crippen LogP contribution in [0.25, 0.3) is 11.0 Å². The van der Waals surface area contributed by atoms with Gasteiger partial charge in [-0.15, -0.1) is 0 Å². The summed E-state index contributed by atoms with van der Waals surface area (Å²) in [5.74, 6) is -1.01. The van der Waals surface area contributed by atoms with E-state index in [1.807, 2.05) is 6.92 Å². The molecule has 0 radical (unpaired) electrons. The first-order valence-electron chi connectivity index (χ1n) is 7.19. The number of nitrogens with zero attached hydrogens (tertiary/aromatic N) is 1. The fraction of sp³-hybridized carbons (Fsp3) is 0.118. The number of aromatic nitrogens is 2. The minimum atomic E-state index is -0.579. The van der Waals surface area contributed by atoms with E-state index in [9.17, 15) is 9.59 Å². The van der Waals surface area contributed by atoms with E-state index in [1.165, 1.54) is 0 Å². The van der Waals surface area contributed by atoms with Gasteiger partial charge in [0.2, 0.25) is 0 Å². The molecule has 3 rings (SSSR count). The number of hydrogen-bond donors (Lipinski definition) is 2. The Morgan fingerprint density at radius 1 is 1.25 bits per heavy atom. The van der Waals surface area contributed by atoms with Crippen LogP contribution in [-0.4, -0.2) is 28.5 Å². The Hall–Kier alpha value is -2.86. The van der Waals surface area contributed by atoms with Crippen LogP contribution >= 0.6 is 11.6 Å². The van der Waals surface area contributed by atoms with Crippen molar-refractivity contribution in [1.29, 1.82) is 0 Å². The van der Waals surface area contributed by atoms with Gasteiger partial charge in [-0.3, -0.25) is 4.79 Å². The lowest BCUT2D eigenvalue weighted by Gasteiger charge is -2.09. The monoisotopic (exact) mass is 343 g/mol. The molecule has 122 valence electrons. The van der Waals surface area contributed by atoms with E-state index in [0.717, 1.165) is 16.6 Å². The Balaban J connectivity index is 1.61. The predicted octanol–water partition coefficient (Wildman–Crippen LogP) is 3.32. The molecule has 7 heteroatoms. The Kier molecular flexibility index (Phi) is 4.48. The highest BCUT2D eigenvalue weighted by Gasteiger charge is 2.12. The van der Waals surface area contributed by atoms with Crippen molar-refractivity contribution in [2.24, 2.45) is 0 Å². The van der Waals surface area contributed by atoms with E-state index in [-0.39, 0.29) is 6.61 Å². The molecule has 0 spiro atoms. The molecule has 0 aliphatic rings. The molecule has 0 fully saturated rings. The number of hydrogen-bond acceptors (Lipinski definition) is 4. The van der Waals surface area contributed by atoms with Gasteiger partial charge in [0.15, 0.2) is 6.61 Å². The van der Waals surface area contributed by atoms with E-state index in [2.05, 4.69) is 15.3 Å². The van der Waals surface area contributed by atoms with E-state index in [4.69, 9.17) is 16.3 Å². The first-order chi connectivity index (χ1) is 11.5. The lowest BCUT2D eigenvalue weighted by Crippen LogP contribution is -2.21. The molecular weight excluding hydrogens is 330 g/mol. The van der Waals surface area contributed by atoms with Crippen LogP contribution in [-0.2, 0) is 9.53 Å². The quantitative estimate of drug-likeness (QED) is 0.712. The lowest BCUT2D eigenvalue weighted by atomic mass is 10.2. The number of aryl methyl sites for hydroxylation is 1. The average Bonchev–Trinajstić information content (AvgIpc) is 3.03. The van der Waals surface area contributed by atoms with Crippen molar-refractivity contribution in [2.75, 3.05) is 11.9 Å². The summed E-state index contributed by atoms with van der Waals surface area (Å²) in [4.78, 5) is 31.0. The summed E-state index contributed by atoms with van der Waals surface area (Å²) in [7, 11) is 0. The molecule has 1 amide bonds. The largest absolute Gasteiger partial charge is 0.452 e. The third-order valence-electron chi connectivity index (χ3n) is 3.46. The molecule has 0 aliphatic carbocycles. The van der Waals surface area contributed by atoms with Gasteiger partial charge in [0, 0.05) is 10.7 Å². The number of imidazole rings is 1. The molecule has 1 aromatic heterocycles. The first-order valence-corrected chi connectivity index (χ1v) is 7.57. The van der Waals surface area contributed by atoms with Gasteiger partial charge in [-0.1, -0.05) is 17.7 Å². The Morgan fingerprint density at radius 3 is 2.92 bits per heavy atom. The normalized spacial score (nSPS) is 10.6. The SMILES string of the molecule is Cc1ccc(Cl)cc1NC(=O)COC(=O)c1ccc2nc[nH]c2c1. The second-order valence-electron chi connectivity index (χ2n) is 5.22. The summed E-state index contributed by atoms with van der Waals surface area (Å²) < 4.78 is 5.04. The van der Waals surface area contributed by atoms with Gasteiger partial charge in [0.05, 0.1) is 22.9 Å². The lowest BCUT2D eigenvalue weighted by molar-refractivity contribution is -0.119. The number of halogens is 1. The number of H-pyrrole nitrogens is 1. The van der Waals surface area contributed by atoms with Gasteiger partial charge in [0.1, 0.15) is 0 Å². The van der Waals surface area contributed by atoms with Crippen molar-refractivity contribution in [1.82, 2.24) is 9.97 Å². The van der Waals surface area contributed by atoms with Gasteiger partial charge in [0.25, 0.3) is 5.91 Å². The van der Waals surface area contributed by atoms with Crippen LogP contribution in [0.2, 0.25) is 5.02 Å². The number of nitrogens with one attached hydrogen (secondary N) is 2. The summed E-state index contributed by atoms with van der Waals surface area (Å²) in [6, 6.07) is 10.1. The minimum absolute atomic E-state index is 0.346. The van der Waals surface area contributed by atoms with E-state index in [1.54, 1.807) is 42.7 Å². The molecule has 3 aromatic rings. The van der Waals surface area contributed by atoms with E-state index in [0.29, 0.717) is 16.3 Å². The third kappa shape index (κ3) is 3.55. The highest BCUT2D eigenvalue weighted by atomic mass is 35.5. The number of carbonyl (C=O) groups is 2. The third-order valence-corrected chi connectivity index (χ3v) is 3.70. The van der Waals surface area contributed by atoms with Crippen LogP contribution in [0.1, 0.15) is 15.9 Å². The standard InChI is InChI=1S/C17H14ClN3O3/c1-10-2-4-12(18)7-14(10)21-16(22)8-24-17(23)11-3-5-13-15(6-11)20-9-19-13/h2-7,9H,8H2,1H3,(H,19,20)(H,21,22). The van der Waals surface area contributed by atoms with Crippen LogP contribution in [0, 0.1) is 6.92 Å². The molecule has 0 atom stereocenters. The zero-order chi connectivity index (χ0) is 17.1. The Labute approximate surface area is 142 Å². The highest BCUT2D eigenvalue weighted by Crippen LogP contribution is 2.20. The second kappa shape index (κ2) is 6.72. The molecule has 2 aromatic carbocycles. The van der Waals surface area contributed by atoms with Crippen LogP contribution in [0.3, 0.4) is 0 Å². The van der Waals surface area contributed by atoms with Crippen molar-refractivity contribution in [3.63, 3.8) is 0 Å². The molecule has 0 bridgehead atoms. The van der Waals surface area contributed by atoms with Gasteiger partial charge in [-0.2, -0.15) is 0 Å². The molecule has 24 heavy (non-hydrogen) atoms. The number of rotatable bonds is 4. The number of anilines is 1. The molecule has 6 nitrogen and oxygen atoms in total. The highest BCUT2D eigenvalue weighted by molar-refractivity contribution is 6.31. The van der Waals surface area contributed by atoms with Crippen molar-refractivity contribution < 1.29 is 14.3 Å². The van der Waals surface area contributed by atoms with Crippen molar-refractivity contribution in [2.45, 2.75) is 6.92 Å².